The monoisotopic (exact) mass is 378 g/mol. The number of hydrogen-bond acceptors (Lipinski definition) is 9. The number of hydrogen-bond donors (Lipinski definition) is 3. The number of aromatic nitrogens is 2. The molecule has 0 aliphatic carbocycles. The molecule has 3 heterocycles. The van der Waals surface area contributed by atoms with Gasteiger partial charge < -0.3 is 24.3 Å². The largest absolute Gasteiger partial charge is 0.469 e. The average molecular weight is 378 g/mol. The van der Waals surface area contributed by atoms with Gasteiger partial charge in [-0.15, -0.1) is 0 Å². The summed E-state index contributed by atoms with van der Waals surface area (Å²) in [5.41, 5.74) is 1.26. The van der Waals surface area contributed by atoms with E-state index in [0.29, 0.717) is 19.0 Å². The lowest BCUT2D eigenvalue weighted by molar-refractivity contribution is -0.0817. The van der Waals surface area contributed by atoms with Crippen LogP contribution in [0.3, 0.4) is 0 Å². The number of nitrogens with zero attached hydrogens (tertiary/aromatic N) is 2. The standard InChI is InChI=1S/C17H22N4O6/c1-17(2,23)9-26-21-15(22)12-14(18-3)19-13(11-5-4-6-25-11)20-16(12)27-10-7-24-8-10/h4-6,10,23H,7-9H2,1-3H3,(H,21,22)(H,18,19,20). The molecule has 2 aromatic rings. The van der Waals surface area contributed by atoms with Gasteiger partial charge in [0.15, 0.2) is 5.76 Å². The maximum atomic E-state index is 12.6. The van der Waals surface area contributed by atoms with E-state index in [2.05, 4.69) is 20.8 Å². The molecule has 1 fully saturated rings. The van der Waals surface area contributed by atoms with Crippen molar-refractivity contribution in [1.82, 2.24) is 15.4 Å². The highest BCUT2D eigenvalue weighted by molar-refractivity contribution is 6.00. The number of aliphatic hydroxyl groups is 1. The Morgan fingerprint density at radius 1 is 1.41 bits per heavy atom. The highest BCUT2D eigenvalue weighted by Crippen LogP contribution is 2.29. The van der Waals surface area contributed by atoms with Gasteiger partial charge in [-0.25, -0.2) is 10.5 Å². The normalized spacial score (nSPS) is 14.5. The maximum Gasteiger partial charge on any atom is 0.284 e. The summed E-state index contributed by atoms with van der Waals surface area (Å²) in [5.74, 6) is 0.430. The molecule has 0 saturated carbocycles. The van der Waals surface area contributed by atoms with E-state index in [0.717, 1.165) is 0 Å². The van der Waals surface area contributed by atoms with Crippen molar-refractivity contribution in [3.8, 4) is 17.5 Å². The molecule has 146 valence electrons. The van der Waals surface area contributed by atoms with Crippen LogP contribution >= 0.6 is 0 Å². The van der Waals surface area contributed by atoms with Crippen LogP contribution in [0.2, 0.25) is 0 Å². The van der Waals surface area contributed by atoms with Crippen molar-refractivity contribution in [3.63, 3.8) is 0 Å². The molecular weight excluding hydrogens is 356 g/mol. The van der Waals surface area contributed by atoms with E-state index < -0.39 is 11.5 Å². The first-order valence-corrected chi connectivity index (χ1v) is 8.40. The summed E-state index contributed by atoms with van der Waals surface area (Å²) in [6.45, 7) is 3.84. The lowest BCUT2D eigenvalue weighted by Crippen LogP contribution is -2.40. The molecule has 3 N–H and O–H groups in total. The van der Waals surface area contributed by atoms with Crippen LogP contribution in [-0.2, 0) is 9.57 Å². The predicted molar refractivity (Wildman–Crippen MR) is 94.2 cm³/mol. The van der Waals surface area contributed by atoms with Crippen molar-refractivity contribution in [2.75, 3.05) is 32.2 Å². The molecule has 0 atom stereocenters. The van der Waals surface area contributed by atoms with E-state index in [1.54, 1.807) is 33.0 Å². The molecule has 10 nitrogen and oxygen atoms in total. The van der Waals surface area contributed by atoms with E-state index in [1.807, 2.05) is 0 Å². The molecule has 0 unspecified atom stereocenters. The van der Waals surface area contributed by atoms with Gasteiger partial charge in [0, 0.05) is 7.05 Å². The first-order chi connectivity index (χ1) is 12.9. The van der Waals surface area contributed by atoms with Gasteiger partial charge in [0.2, 0.25) is 11.7 Å². The quantitative estimate of drug-likeness (QED) is 0.576. The molecule has 0 spiro atoms. The Hall–Kier alpha value is -2.69. The summed E-state index contributed by atoms with van der Waals surface area (Å²) in [6, 6.07) is 3.42. The Kier molecular flexibility index (Phi) is 5.59. The lowest BCUT2D eigenvalue weighted by atomic mass is 10.2. The summed E-state index contributed by atoms with van der Waals surface area (Å²) < 4.78 is 16.3. The van der Waals surface area contributed by atoms with Gasteiger partial charge in [0.25, 0.3) is 5.91 Å². The zero-order chi connectivity index (χ0) is 19.4. The molecule has 0 aromatic carbocycles. The SMILES string of the molecule is CNc1nc(-c2ccco2)nc(OC2COC2)c1C(=O)NOCC(C)(C)O. The third kappa shape index (κ3) is 4.73. The molecule has 1 aliphatic rings. The number of amides is 1. The number of hydroxylamine groups is 1. The lowest BCUT2D eigenvalue weighted by Gasteiger charge is -2.27. The number of carbonyl (C=O) groups excluding carboxylic acids is 1. The second-order valence-electron chi connectivity index (χ2n) is 6.61. The van der Waals surface area contributed by atoms with E-state index in [1.165, 1.54) is 6.26 Å². The number of nitrogens with one attached hydrogen (secondary N) is 2. The molecule has 10 heteroatoms. The Bertz CT molecular complexity index is 783. The number of furan rings is 1. The van der Waals surface area contributed by atoms with E-state index in [-0.39, 0.29) is 35.8 Å². The number of rotatable bonds is 8. The average Bonchev–Trinajstić information content (AvgIpc) is 3.10. The van der Waals surface area contributed by atoms with Crippen LogP contribution in [0.4, 0.5) is 5.82 Å². The van der Waals surface area contributed by atoms with Crippen LogP contribution in [0.1, 0.15) is 24.2 Å². The predicted octanol–water partition coefficient (Wildman–Crippen LogP) is 0.988. The van der Waals surface area contributed by atoms with Crippen LogP contribution < -0.4 is 15.5 Å². The zero-order valence-corrected chi connectivity index (χ0v) is 15.3. The molecule has 0 bridgehead atoms. The van der Waals surface area contributed by atoms with Crippen LogP contribution in [0, 0.1) is 0 Å². The van der Waals surface area contributed by atoms with E-state index in [4.69, 9.17) is 18.7 Å². The minimum Gasteiger partial charge on any atom is -0.469 e. The highest BCUT2D eigenvalue weighted by atomic mass is 16.7. The minimum absolute atomic E-state index is 0.0791. The van der Waals surface area contributed by atoms with Gasteiger partial charge >= 0.3 is 0 Å². The van der Waals surface area contributed by atoms with Gasteiger partial charge in [0.05, 0.1) is 25.1 Å². The Labute approximate surface area is 155 Å². The van der Waals surface area contributed by atoms with Crippen LogP contribution in [0.15, 0.2) is 22.8 Å². The number of carbonyl (C=O) groups is 1. The topological polar surface area (TPSA) is 128 Å². The summed E-state index contributed by atoms with van der Waals surface area (Å²) >= 11 is 0. The van der Waals surface area contributed by atoms with Crippen LogP contribution in [0.25, 0.3) is 11.6 Å². The first-order valence-electron chi connectivity index (χ1n) is 8.40. The fourth-order valence-electron chi connectivity index (χ4n) is 2.20. The second-order valence-corrected chi connectivity index (χ2v) is 6.61. The third-order valence-corrected chi connectivity index (χ3v) is 3.56. The molecule has 1 amide bonds. The van der Waals surface area contributed by atoms with Gasteiger partial charge in [0.1, 0.15) is 24.1 Å². The van der Waals surface area contributed by atoms with Gasteiger partial charge in [-0.3, -0.25) is 9.63 Å². The molecule has 2 aromatic heterocycles. The van der Waals surface area contributed by atoms with Crippen molar-refractivity contribution >= 4 is 11.7 Å². The number of anilines is 1. The molecule has 1 aliphatic heterocycles. The summed E-state index contributed by atoms with van der Waals surface area (Å²) in [5, 5.41) is 12.6. The van der Waals surface area contributed by atoms with Crippen LogP contribution in [0.5, 0.6) is 5.88 Å². The third-order valence-electron chi connectivity index (χ3n) is 3.56. The van der Waals surface area contributed by atoms with E-state index >= 15 is 0 Å². The zero-order valence-electron chi connectivity index (χ0n) is 15.3. The van der Waals surface area contributed by atoms with Crippen molar-refractivity contribution in [2.45, 2.75) is 25.6 Å². The highest BCUT2D eigenvalue weighted by Gasteiger charge is 2.28. The van der Waals surface area contributed by atoms with Crippen molar-refractivity contribution in [3.05, 3.63) is 24.0 Å². The van der Waals surface area contributed by atoms with Gasteiger partial charge in [-0.2, -0.15) is 4.98 Å². The van der Waals surface area contributed by atoms with Crippen LogP contribution in [-0.4, -0.2) is 59.6 Å². The van der Waals surface area contributed by atoms with E-state index in [9.17, 15) is 9.90 Å². The molecule has 3 rings (SSSR count). The van der Waals surface area contributed by atoms with Crippen molar-refractivity contribution in [2.24, 2.45) is 0 Å². The second kappa shape index (κ2) is 7.91. The molecule has 0 radical (unpaired) electrons. The Morgan fingerprint density at radius 2 is 2.19 bits per heavy atom. The Balaban J connectivity index is 1.90. The molecule has 27 heavy (non-hydrogen) atoms. The maximum absolute atomic E-state index is 12.6. The number of ether oxygens (including phenoxy) is 2. The van der Waals surface area contributed by atoms with Gasteiger partial charge in [-0.1, -0.05) is 0 Å². The van der Waals surface area contributed by atoms with Crippen molar-refractivity contribution in [1.29, 1.82) is 0 Å². The molecular formula is C17H22N4O6. The summed E-state index contributed by atoms with van der Waals surface area (Å²) in [4.78, 5) is 26.4. The minimum atomic E-state index is -1.10. The summed E-state index contributed by atoms with van der Waals surface area (Å²) in [7, 11) is 1.62. The van der Waals surface area contributed by atoms with Gasteiger partial charge in [-0.05, 0) is 26.0 Å². The summed E-state index contributed by atoms with van der Waals surface area (Å²) in [6.07, 6.45) is 1.29. The first kappa shape index (κ1) is 19.1. The molecule has 1 saturated heterocycles. The fraction of sp³-hybridized carbons (Fsp3) is 0.471. The smallest absolute Gasteiger partial charge is 0.284 e. The van der Waals surface area contributed by atoms with Crippen molar-refractivity contribution < 1.29 is 28.6 Å². The Morgan fingerprint density at radius 3 is 2.74 bits per heavy atom. The fourth-order valence-corrected chi connectivity index (χ4v) is 2.20.